The summed E-state index contributed by atoms with van der Waals surface area (Å²) in [4.78, 5) is 11.3. The van der Waals surface area contributed by atoms with Crippen LogP contribution in [0.1, 0.15) is 32.6 Å². The number of aromatic carboxylic acids is 1. The summed E-state index contributed by atoms with van der Waals surface area (Å²) < 4.78 is 27.9. The van der Waals surface area contributed by atoms with E-state index in [2.05, 4.69) is 4.72 Å². The molecular formula is C17H18NO4S-. The number of hydrogen-bond donors (Lipinski definition) is 1. The van der Waals surface area contributed by atoms with E-state index in [1.54, 1.807) is 26.0 Å². The zero-order chi connectivity index (χ0) is 17.4. The molecule has 0 unspecified atom stereocenters. The molecule has 1 N–H and O–H groups in total. The number of carbonyl (C=O) groups is 1. The minimum atomic E-state index is -3.82. The molecule has 0 aromatic heterocycles. The van der Waals surface area contributed by atoms with Gasteiger partial charge in [0.15, 0.2) is 0 Å². The van der Waals surface area contributed by atoms with Crippen LogP contribution in [0.2, 0.25) is 0 Å². The summed E-state index contributed by atoms with van der Waals surface area (Å²) in [5.41, 5.74) is 2.77. The maximum absolute atomic E-state index is 12.7. The van der Waals surface area contributed by atoms with Crippen LogP contribution in [0, 0.1) is 27.7 Å². The smallest absolute Gasteiger partial charge is 0.262 e. The second-order valence-electron chi connectivity index (χ2n) is 5.60. The molecule has 5 nitrogen and oxygen atoms in total. The van der Waals surface area contributed by atoms with E-state index in [-0.39, 0.29) is 16.1 Å². The number of hydrogen-bond acceptors (Lipinski definition) is 4. The summed E-state index contributed by atoms with van der Waals surface area (Å²) in [6.45, 7) is 6.91. The van der Waals surface area contributed by atoms with Gasteiger partial charge in [-0.05, 0) is 50.5 Å². The van der Waals surface area contributed by atoms with Gasteiger partial charge in [0.05, 0.1) is 16.6 Å². The Labute approximate surface area is 136 Å². The molecule has 0 heterocycles. The lowest BCUT2D eigenvalue weighted by Crippen LogP contribution is -2.24. The predicted molar refractivity (Wildman–Crippen MR) is 87.0 cm³/mol. The molecule has 2 aromatic carbocycles. The van der Waals surface area contributed by atoms with Crippen molar-refractivity contribution in [1.82, 2.24) is 0 Å². The first-order chi connectivity index (χ1) is 10.6. The minimum absolute atomic E-state index is 0.0393. The van der Waals surface area contributed by atoms with Crippen molar-refractivity contribution in [3.63, 3.8) is 0 Å². The Morgan fingerprint density at radius 2 is 1.61 bits per heavy atom. The van der Waals surface area contributed by atoms with E-state index in [1.807, 2.05) is 6.92 Å². The number of aryl methyl sites for hydroxylation is 3. The van der Waals surface area contributed by atoms with Crippen LogP contribution in [0.25, 0.3) is 0 Å². The zero-order valence-corrected chi connectivity index (χ0v) is 14.2. The van der Waals surface area contributed by atoms with Crippen molar-refractivity contribution >= 4 is 21.7 Å². The molecule has 0 aliphatic rings. The Kier molecular flexibility index (Phi) is 4.47. The lowest BCUT2D eigenvalue weighted by Gasteiger charge is -2.17. The Bertz CT molecular complexity index is 862. The van der Waals surface area contributed by atoms with Crippen LogP contribution in [-0.4, -0.2) is 14.4 Å². The number of carboxylic acids is 1. The van der Waals surface area contributed by atoms with Crippen LogP contribution < -0.4 is 9.83 Å². The molecule has 0 aliphatic heterocycles. The third-order valence-corrected chi connectivity index (χ3v) is 5.34. The summed E-state index contributed by atoms with van der Waals surface area (Å²) in [6, 6.07) is 7.98. The fourth-order valence-corrected chi connectivity index (χ4v) is 4.33. The van der Waals surface area contributed by atoms with E-state index in [0.717, 1.165) is 5.56 Å². The molecule has 0 amide bonds. The van der Waals surface area contributed by atoms with Crippen LogP contribution in [0.15, 0.2) is 35.2 Å². The van der Waals surface area contributed by atoms with E-state index in [4.69, 9.17) is 0 Å². The fourth-order valence-electron chi connectivity index (χ4n) is 2.75. The molecule has 0 atom stereocenters. The van der Waals surface area contributed by atoms with Gasteiger partial charge in [0, 0.05) is 5.56 Å². The summed E-state index contributed by atoms with van der Waals surface area (Å²) in [5.74, 6) is -1.34. The van der Waals surface area contributed by atoms with Gasteiger partial charge in [0.25, 0.3) is 10.0 Å². The van der Waals surface area contributed by atoms with Gasteiger partial charge in [-0.15, -0.1) is 0 Å². The lowest BCUT2D eigenvalue weighted by atomic mass is 10.1. The number of carbonyl (C=O) groups excluding carboxylic acids is 1. The van der Waals surface area contributed by atoms with Crippen LogP contribution in [0.5, 0.6) is 0 Å². The number of sulfonamides is 1. The predicted octanol–water partition coefficient (Wildman–Crippen LogP) is 2.08. The highest BCUT2D eigenvalue weighted by molar-refractivity contribution is 7.92. The molecule has 0 saturated heterocycles. The first-order valence-corrected chi connectivity index (χ1v) is 8.53. The summed E-state index contributed by atoms with van der Waals surface area (Å²) >= 11 is 0. The molecule has 122 valence electrons. The molecule has 0 saturated carbocycles. The Morgan fingerprint density at radius 1 is 1.04 bits per heavy atom. The Morgan fingerprint density at radius 3 is 2.13 bits per heavy atom. The third-order valence-electron chi connectivity index (χ3n) is 3.67. The van der Waals surface area contributed by atoms with Crippen molar-refractivity contribution in [2.45, 2.75) is 32.6 Å². The molecule has 0 spiro atoms. The average molecular weight is 332 g/mol. The lowest BCUT2D eigenvalue weighted by molar-refractivity contribution is -0.255. The second kappa shape index (κ2) is 6.04. The summed E-state index contributed by atoms with van der Waals surface area (Å²) in [6.07, 6.45) is 0. The first kappa shape index (κ1) is 17.0. The van der Waals surface area contributed by atoms with Crippen molar-refractivity contribution < 1.29 is 18.3 Å². The largest absolute Gasteiger partial charge is 0.545 e. The maximum Gasteiger partial charge on any atom is 0.262 e. The maximum atomic E-state index is 12.7. The van der Waals surface area contributed by atoms with Crippen molar-refractivity contribution in [3.05, 3.63) is 58.1 Å². The Hall–Kier alpha value is -2.34. The van der Waals surface area contributed by atoms with Gasteiger partial charge in [-0.2, -0.15) is 0 Å². The molecule has 6 heteroatoms. The van der Waals surface area contributed by atoms with Crippen molar-refractivity contribution in [1.29, 1.82) is 0 Å². The highest BCUT2D eigenvalue weighted by Gasteiger charge is 2.21. The molecule has 0 aliphatic carbocycles. The standard InChI is InChI=1S/C17H19NO4S/c1-10-8-11(2)16(12(3)9-10)23(21,22)18-15-7-5-6-14(13(15)4)17(19)20/h5-9,18H,1-4H3,(H,19,20)/p-1. The van der Waals surface area contributed by atoms with Crippen molar-refractivity contribution in [2.24, 2.45) is 0 Å². The average Bonchev–Trinajstić information content (AvgIpc) is 2.38. The van der Waals surface area contributed by atoms with Crippen LogP contribution in [0.4, 0.5) is 5.69 Å². The van der Waals surface area contributed by atoms with E-state index in [9.17, 15) is 18.3 Å². The zero-order valence-electron chi connectivity index (χ0n) is 13.4. The van der Waals surface area contributed by atoms with Crippen LogP contribution >= 0.6 is 0 Å². The quantitative estimate of drug-likeness (QED) is 0.929. The Balaban J connectivity index is 2.52. The summed E-state index contributed by atoms with van der Waals surface area (Å²) in [7, 11) is -3.82. The number of nitrogens with one attached hydrogen (secondary N) is 1. The first-order valence-electron chi connectivity index (χ1n) is 7.05. The van der Waals surface area contributed by atoms with E-state index in [1.165, 1.54) is 25.1 Å². The number of rotatable bonds is 4. The molecule has 0 radical (unpaired) electrons. The molecule has 0 bridgehead atoms. The number of carboxylic acid groups (broad SMARTS) is 1. The molecule has 2 aromatic rings. The minimum Gasteiger partial charge on any atom is -0.545 e. The van der Waals surface area contributed by atoms with Gasteiger partial charge >= 0.3 is 0 Å². The number of benzene rings is 2. The normalized spacial score (nSPS) is 11.3. The second-order valence-corrected chi connectivity index (χ2v) is 7.22. The van der Waals surface area contributed by atoms with Gasteiger partial charge in [-0.1, -0.05) is 29.8 Å². The van der Waals surface area contributed by atoms with E-state index in [0.29, 0.717) is 16.7 Å². The van der Waals surface area contributed by atoms with Gasteiger partial charge in [-0.25, -0.2) is 8.42 Å². The van der Waals surface area contributed by atoms with Crippen LogP contribution in [-0.2, 0) is 10.0 Å². The highest BCUT2D eigenvalue weighted by Crippen LogP contribution is 2.26. The van der Waals surface area contributed by atoms with E-state index < -0.39 is 16.0 Å². The highest BCUT2D eigenvalue weighted by atomic mass is 32.2. The molecular weight excluding hydrogens is 314 g/mol. The van der Waals surface area contributed by atoms with Gasteiger partial charge < -0.3 is 9.90 Å². The van der Waals surface area contributed by atoms with Gasteiger partial charge in [0.2, 0.25) is 0 Å². The topological polar surface area (TPSA) is 86.3 Å². The SMILES string of the molecule is Cc1cc(C)c(S(=O)(=O)Nc2cccc(C(=O)[O-])c2C)c(C)c1. The van der Waals surface area contributed by atoms with Gasteiger partial charge in [-0.3, -0.25) is 4.72 Å². The molecule has 23 heavy (non-hydrogen) atoms. The molecule has 2 rings (SSSR count). The molecule has 0 fully saturated rings. The third kappa shape index (κ3) is 3.37. The van der Waals surface area contributed by atoms with E-state index >= 15 is 0 Å². The van der Waals surface area contributed by atoms with Gasteiger partial charge in [0.1, 0.15) is 0 Å². The summed E-state index contributed by atoms with van der Waals surface area (Å²) in [5, 5.41) is 11.1. The fraction of sp³-hybridized carbons (Fsp3) is 0.235. The van der Waals surface area contributed by atoms with Crippen molar-refractivity contribution in [2.75, 3.05) is 4.72 Å². The monoisotopic (exact) mass is 332 g/mol. The number of anilines is 1. The van der Waals surface area contributed by atoms with Crippen LogP contribution in [0.3, 0.4) is 0 Å². The van der Waals surface area contributed by atoms with Crippen molar-refractivity contribution in [3.8, 4) is 0 Å².